The zero-order valence-electron chi connectivity index (χ0n) is 12.0. The molecule has 0 heterocycles. The predicted molar refractivity (Wildman–Crippen MR) is 81.9 cm³/mol. The van der Waals surface area contributed by atoms with E-state index in [1.807, 2.05) is 44.2 Å². The lowest BCUT2D eigenvalue weighted by molar-refractivity contribution is -0.132. The molecule has 1 aromatic carbocycles. The number of halogens is 1. The van der Waals surface area contributed by atoms with Gasteiger partial charge in [-0.2, -0.15) is 0 Å². The van der Waals surface area contributed by atoms with Gasteiger partial charge < -0.3 is 10.1 Å². The van der Waals surface area contributed by atoms with Gasteiger partial charge in [0.1, 0.15) is 6.61 Å². The van der Waals surface area contributed by atoms with Crippen LogP contribution in [0.3, 0.4) is 0 Å². The van der Waals surface area contributed by atoms with Crippen molar-refractivity contribution in [3.8, 4) is 0 Å². The van der Waals surface area contributed by atoms with Crippen LogP contribution in [-0.4, -0.2) is 22.6 Å². The summed E-state index contributed by atoms with van der Waals surface area (Å²) < 4.78 is 4.29. The third-order valence-corrected chi connectivity index (χ3v) is 3.11. The molecule has 21 heavy (non-hydrogen) atoms. The summed E-state index contributed by atoms with van der Waals surface area (Å²) in [5.41, 5.74) is 0.843. The Morgan fingerprint density at radius 1 is 1.19 bits per heavy atom. The third kappa shape index (κ3) is 6.53. The molecular weight excluding hydrogens is 338 g/mol. The number of hydrogen-bond acceptors (Lipinski definition) is 4. The van der Waals surface area contributed by atoms with Crippen molar-refractivity contribution in [2.75, 3.05) is 0 Å². The summed E-state index contributed by atoms with van der Waals surface area (Å²) in [6.45, 7) is 3.91. The fraction of sp³-hybridized carbons (Fsp3) is 0.400. The number of carbonyl (C=O) groups is 3. The summed E-state index contributed by atoms with van der Waals surface area (Å²) >= 11 is 2.62. The molecule has 0 aliphatic carbocycles. The summed E-state index contributed by atoms with van der Waals surface area (Å²) in [7, 11) is 0. The van der Waals surface area contributed by atoms with Crippen molar-refractivity contribution in [2.45, 2.75) is 32.9 Å². The number of benzene rings is 1. The monoisotopic (exact) mass is 355 g/mol. The first-order valence-corrected chi connectivity index (χ1v) is 7.40. The Bertz CT molecular complexity index is 502. The van der Waals surface area contributed by atoms with Crippen molar-refractivity contribution in [1.82, 2.24) is 5.32 Å². The van der Waals surface area contributed by atoms with E-state index in [-0.39, 0.29) is 12.5 Å². The number of ketones is 1. The van der Waals surface area contributed by atoms with Gasteiger partial charge >= 0.3 is 6.09 Å². The molecule has 0 aliphatic heterocycles. The van der Waals surface area contributed by atoms with Crippen LogP contribution in [0.4, 0.5) is 4.79 Å². The fourth-order valence-electron chi connectivity index (χ4n) is 1.75. The van der Waals surface area contributed by atoms with Crippen molar-refractivity contribution in [2.24, 2.45) is 5.92 Å². The van der Waals surface area contributed by atoms with Crippen LogP contribution in [0, 0.1) is 5.92 Å². The average Bonchev–Trinajstić information content (AvgIpc) is 2.44. The van der Waals surface area contributed by atoms with Gasteiger partial charge in [0, 0.05) is 15.9 Å². The van der Waals surface area contributed by atoms with E-state index in [4.69, 9.17) is 4.74 Å². The lowest BCUT2D eigenvalue weighted by Crippen LogP contribution is -2.43. The van der Waals surface area contributed by atoms with E-state index in [0.717, 1.165) is 5.56 Å². The first-order chi connectivity index (χ1) is 9.90. The van der Waals surface area contributed by atoms with Gasteiger partial charge in [0.05, 0.1) is 6.04 Å². The SMILES string of the molecule is CC(C)C[C@H](NC(=O)OCc1ccccc1)C(=O)C(=O)Br. The maximum atomic E-state index is 11.7. The number of amides is 1. The van der Waals surface area contributed by atoms with Crippen molar-refractivity contribution >= 4 is 32.5 Å². The van der Waals surface area contributed by atoms with Crippen LogP contribution >= 0.6 is 15.9 Å². The first-order valence-electron chi connectivity index (χ1n) is 6.61. The molecule has 0 unspecified atom stereocenters. The number of rotatable bonds is 7. The summed E-state index contributed by atoms with van der Waals surface area (Å²) in [6.07, 6.45) is -0.344. The number of alkyl carbamates (subject to hydrolysis) is 1. The highest BCUT2D eigenvalue weighted by Gasteiger charge is 2.26. The molecule has 1 amide bonds. The zero-order valence-corrected chi connectivity index (χ0v) is 13.6. The van der Waals surface area contributed by atoms with Gasteiger partial charge in [0.15, 0.2) is 0 Å². The average molecular weight is 356 g/mol. The van der Waals surface area contributed by atoms with Crippen LogP contribution in [0.25, 0.3) is 0 Å². The number of hydrogen-bond donors (Lipinski definition) is 1. The van der Waals surface area contributed by atoms with Crippen molar-refractivity contribution in [3.63, 3.8) is 0 Å². The Kier molecular flexibility index (Phi) is 7.08. The minimum atomic E-state index is -0.875. The van der Waals surface area contributed by atoms with Gasteiger partial charge in [-0.05, 0) is 17.9 Å². The van der Waals surface area contributed by atoms with Crippen molar-refractivity contribution in [3.05, 3.63) is 35.9 Å². The second-order valence-corrected chi connectivity index (χ2v) is 5.75. The lowest BCUT2D eigenvalue weighted by atomic mass is 10.0. The molecule has 1 aromatic rings. The normalized spacial score (nSPS) is 11.8. The summed E-state index contributed by atoms with van der Waals surface area (Å²) in [5.74, 6) is -0.527. The van der Waals surface area contributed by atoms with E-state index in [2.05, 4.69) is 21.2 Å². The van der Waals surface area contributed by atoms with Crippen LogP contribution in [0.1, 0.15) is 25.8 Å². The second-order valence-electron chi connectivity index (χ2n) is 5.03. The largest absolute Gasteiger partial charge is 0.445 e. The molecule has 0 radical (unpaired) electrons. The minimum absolute atomic E-state index is 0.109. The van der Waals surface area contributed by atoms with E-state index in [1.54, 1.807) is 0 Å². The van der Waals surface area contributed by atoms with E-state index in [0.29, 0.717) is 6.42 Å². The van der Waals surface area contributed by atoms with Gasteiger partial charge in [-0.1, -0.05) is 44.2 Å². The van der Waals surface area contributed by atoms with Crippen LogP contribution in [0.2, 0.25) is 0 Å². The standard InChI is InChI=1S/C15H18BrNO4/c1-10(2)8-12(13(18)14(16)19)17-15(20)21-9-11-6-4-3-5-7-11/h3-7,10,12H,8-9H2,1-2H3,(H,17,20)/t12-/m0/s1. The van der Waals surface area contributed by atoms with E-state index < -0.39 is 22.6 Å². The van der Waals surface area contributed by atoms with Gasteiger partial charge in [-0.3, -0.25) is 9.59 Å². The Morgan fingerprint density at radius 3 is 2.33 bits per heavy atom. The second kappa shape index (κ2) is 8.56. The van der Waals surface area contributed by atoms with Crippen LogP contribution in [-0.2, 0) is 20.9 Å². The number of carbonyl (C=O) groups excluding carboxylic acids is 3. The smallest absolute Gasteiger partial charge is 0.408 e. The molecule has 0 bridgehead atoms. The summed E-state index contributed by atoms with van der Waals surface area (Å²) in [5, 5.41) is 2.44. The van der Waals surface area contributed by atoms with Crippen molar-refractivity contribution in [1.29, 1.82) is 0 Å². The highest BCUT2D eigenvalue weighted by molar-refractivity contribution is 9.19. The molecule has 1 atom stereocenters. The topological polar surface area (TPSA) is 72.5 Å². The van der Waals surface area contributed by atoms with E-state index in [9.17, 15) is 14.4 Å². The molecular formula is C15H18BrNO4. The third-order valence-electron chi connectivity index (χ3n) is 2.72. The molecule has 0 saturated carbocycles. The maximum Gasteiger partial charge on any atom is 0.408 e. The molecule has 1 N–H and O–H groups in total. The Morgan fingerprint density at radius 2 is 1.81 bits per heavy atom. The number of nitrogens with one attached hydrogen (secondary N) is 1. The van der Waals surface area contributed by atoms with Crippen molar-refractivity contribution < 1.29 is 19.1 Å². The Labute approximate surface area is 132 Å². The van der Waals surface area contributed by atoms with Gasteiger partial charge in [-0.15, -0.1) is 0 Å². The number of Topliss-reactive ketones (excluding diaryl/α,β-unsaturated/α-hetero) is 1. The predicted octanol–water partition coefficient (Wildman–Crippen LogP) is 2.82. The molecule has 1 rings (SSSR count). The Hall–Kier alpha value is -1.69. The molecule has 6 heteroatoms. The molecule has 0 aromatic heterocycles. The molecule has 0 aliphatic rings. The highest BCUT2D eigenvalue weighted by atomic mass is 79.9. The lowest BCUT2D eigenvalue weighted by Gasteiger charge is -2.17. The highest BCUT2D eigenvalue weighted by Crippen LogP contribution is 2.09. The molecule has 0 fully saturated rings. The zero-order chi connectivity index (χ0) is 15.8. The van der Waals surface area contributed by atoms with Gasteiger partial charge in [0.2, 0.25) is 5.78 Å². The van der Waals surface area contributed by atoms with E-state index in [1.165, 1.54) is 0 Å². The molecule has 114 valence electrons. The Balaban J connectivity index is 2.55. The van der Waals surface area contributed by atoms with Crippen LogP contribution in [0.15, 0.2) is 30.3 Å². The van der Waals surface area contributed by atoms with Gasteiger partial charge in [0.25, 0.3) is 4.69 Å². The molecule has 5 nitrogen and oxygen atoms in total. The first kappa shape index (κ1) is 17.4. The minimum Gasteiger partial charge on any atom is -0.445 e. The van der Waals surface area contributed by atoms with E-state index >= 15 is 0 Å². The quantitative estimate of drug-likeness (QED) is 0.602. The number of ether oxygens (including phenoxy) is 1. The fourth-order valence-corrected chi connectivity index (χ4v) is 2.02. The maximum absolute atomic E-state index is 11.7. The van der Waals surface area contributed by atoms with Gasteiger partial charge in [-0.25, -0.2) is 4.79 Å². The molecule has 0 saturated heterocycles. The molecule has 0 spiro atoms. The summed E-state index contributed by atoms with van der Waals surface area (Å²) in [4.78, 5) is 34.5. The van der Waals surface area contributed by atoms with Crippen LogP contribution < -0.4 is 5.32 Å². The summed E-state index contributed by atoms with van der Waals surface area (Å²) in [6, 6.07) is 8.32. The van der Waals surface area contributed by atoms with Crippen LogP contribution in [0.5, 0.6) is 0 Å².